The van der Waals surface area contributed by atoms with Crippen molar-refractivity contribution in [1.82, 2.24) is 19.6 Å². The number of cyclic esters (lactones) is 1. The molecule has 1 spiro atoms. The molecule has 0 radical (unpaired) electrons. The molecule has 0 unspecified atom stereocenters. The van der Waals surface area contributed by atoms with Gasteiger partial charge in [0, 0.05) is 50.7 Å². The fraction of sp³-hybridized carbons (Fsp3) is 0.632. The number of aliphatic hydroxyl groups is 1. The maximum atomic E-state index is 15.1. The zero-order chi connectivity index (χ0) is 36.4. The number of carbonyl (C=O) groups is 4. The predicted molar refractivity (Wildman–Crippen MR) is 192 cm³/mol. The number of halogens is 1. The highest BCUT2D eigenvalue weighted by Gasteiger charge is 2.75. The van der Waals surface area contributed by atoms with Crippen molar-refractivity contribution >= 4 is 39.6 Å². The third-order valence-electron chi connectivity index (χ3n) is 11.6. The van der Waals surface area contributed by atoms with E-state index in [1.807, 2.05) is 63.3 Å². The van der Waals surface area contributed by atoms with Crippen molar-refractivity contribution in [3.63, 3.8) is 0 Å². The van der Waals surface area contributed by atoms with E-state index in [0.717, 1.165) is 13.1 Å². The lowest BCUT2D eigenvalue weighted by atomic mass is 9.74. The number of fused-ring (bicyclic) bond motifs is 2. The summed E-state index contributed by atoms with van der Waals surface area (Å²) in [4.78, 5) is 65.1. The van der Waals surface area contributed by atoms with E-state index in [2.05, 4.69) is 20.8 Å². The first-order valence-corrected chi connectivity index (χ1v) is 19.1. The number of morpholine rings is 1. The van der Waals surface area contributed by atoms with Crippen LogP contribution >= 0.6 is 15.9 Å². The molecule has 0 aromatic heterocycles. The molecule has 6 rings (SSSR count). The molecular formula is C38H51BrN4O8. The van der Waals surface area contributed by atoms with Crippen molar-refractivity contribution < 1.29 is 38.5 Å². The molecule has 5 aliphatic rings. The Kier molecular flexibility index (Phi) is 11.7. The largest absolute Gasteiger partial charge is 0.455 e. The summed E-state index contributed by atoms with van der Waals surface area (Å²) < 4.78 is 19.2. The number of hydrogen-bond acceptors (Lipinski definition) is 9. The molecule has 3 fully saturated rings. The van der Waals surface area contributed by atoms with Gasteiger partial charge in [0.1, 0.15) is 29.8 Å². The summed E-state index contributed by atoms with van der Waals surface area (Å²) in [6.45, 7) is 9.43. The molecule has 0 aliphatic carbocycles. The van der Waals surface area contributed by atoms with E-state index in [1.54, 1.807) is 22.9 Å². The molecule has 5 bridgehead atoms. The zero-order valence-corrected chi connectivity index (χ0v) is 31.6. The summed E-state index contributed by atoms with van der Waals surface area (Å²) in [5, 5.41) is 10.8. The van der Waals surface area contributed by atoms with E-state index in [0.29, 0.717) is 49.2 Å². The van der Waals surface area contributed by atoms with Crippen LogP contribution in [-0.2, 0) is 33.4 Å². The summed E-state index contributed by atoms with van der Waals surface area (Å²) >= 11 is 3.64. The number of rotatable bonds is 8. The minimum absolute atomic E-state index is 0.105. The molecule has 1 aromatic rings. The van der Waals surface area contributed by atoms with Crippen LogP contribution in [0.2, 0.25) is 0 Å². The Labute approximate surface area is 308 Å². The van der Waals surface area contributed by atoms with Crippen molar-refractivity contribution in [2.45, 2.75) is 76.0 Å². The summed E-state index contributed by atoms with van der Waals surface area (Å²) in [6.07, 6.45) is 5.31. The van der Waals surface area contributed by atoms with Gasteiger partial charge >= 0.3 is 5.97 Å². The lowest BCUT2D eigenvalue weighted by molar-refractivity contribution is -0.164. The van der Waals surface area contributed by atoms with Crippen LogP contribution in [0, 0.1) is 17.8 Å². The van der Waals surface area contributed by atoms with Crippen LogP contribution in [0.5, 0.6) is 0 Å². The van der Waals surface area contributed by atoms with Crippen LogP contribution in [0.1, 0.15) is 51.7 Å². The van der Waals surface area contributed by atoms with E-state index >= 15 is 4.79 Å². The number of likely N-dealkylation sites (N-methyl/N-ethyl adjacent to an activating group) is 1. The number of ether oxygens (including phenoxy) is 3. The van der Waals surface area contributed by atoms with Crippen LogP contribution in [0.4, 0.5) is 0 Å². The number of esters is 1. The van der Waals surface area contributed by atoms with Gasteiger partial charge in [-0.1, -0.05) is 78.7 Å². The Morgan fingerprint density at radius 1 is 1.02 bits per heavy atom. The van der Waals surface area contributed by atoms with Crippen molar-refractivity contribution in [1.29, 1.82) is 0 Å². The molecule has 1 aromatic carbocycles. The molecule has 12 nitrogen and oxygen atoms in total. The molecule has 51 heavy (non-hydrogen) atoms. The van der Waals surface area contributed by atoms with Crippen LogP contribution in [0.25, 0.3) is 0 Å². The van der Waals surface area contributed by atoms with Crippen molar-refractivity contribution in [3.8, 4) is 0 Å². The fourth-order valence-electron chi connectivity index (χ4n) is 8.35. The van der Waals surface area contributed by atoms with Crippen LogP contribution in [0.15, 0.2) is 53.0 Å². The van der Waals surface area contributed by atoms with Crippen LogP contribution < -0.4 is 0 Å². The Hall–Kier alpha value is -3.10. The second-order valence-corrected chi connectivity index (χ2v) is 15.4. The molecular weight excluding hydrogens is 720 g/mol. The molecule has 3 saturated heterocycles. The molecule has 0 saturated carbocycles. The van der Waals surface area contributed by atoms with Gasteiger partial charge in [-0.05, 0) is 30.9 Å². The number of nitrogens with zero attached hydrogens (tertiary/aromatic N) is 4. The van der Waals surface area contributed by atoms with Crippen molar-refractivity contribution in [3.05, 3.63) is 58.6 Å². The topological polar surface area (TPSA) is 129 Å². The van der Waals surface area contributed by atoms with Crippen LogP contribution in [-0.4, -0.2) is 138 Å². The molecule has 9 atom stereocenters. The van der Waals surface area contributed by atoms with Gasteiger partial charge in [0.15, 0.2) is 0 Å². The van der Waals surface area contributed by atoms with E-state index < -0.39 is 59.6 Å². The van der Waals surface area contributed by atoms with E-state index in [9.17, 15) is 19.5 Å². The monoisotopic (exact) mass is 770 g/mol. The molecule has 13 heteroatoms. The minimum atomic E-state index is -1.46. The number of aliphatic hydroxyl groups excluding tert-OH is 1. The smallest absolute Gasteiger partial charge is 0.313 e. The number of allylic oxidation sites excluding steroid dienone is 1. The average Bonchev–Trinajstić information content (AvgIpc) is 3.74. The quantitative estimate of drug-likeness (QED) is 0.314. The zero-order valence-electron chi connectivity index (χ0n) is 30.0. The summed E-state index contributed by atoms with van der Waals surface area (Å²) in [5.74, 6) is -3.73. The molecule has 5 aliphatic heterocycles. The van der Waals surface area contributed by atoms with Crippen molar-refractivity contribution in [2.75, 3.05) is 59.6 Å². The highest BCUT2D eigenvalue weighted by Crippen LogP contribution is 2.59. The fourth-order valence-corrected chi connectivity index (χ4v) is 9.09. The lowest BCUT2D eigenvalue weighted by Crippen LogP contribution is -2.60. The maximum Gasteiger partial charge on any atom is 0.313 e. The van der Waals surface area contributed by atoms with Gasteiger partial charge in [-0.15, -0.1) is 0 Å². The number of likely N-dealkylation sites (tertiary alicyclic amines) is 1. The predicted octanol–water partition coefficient (Wildman–Crippen LogP) is 2.91. The third kappa shape index (κ3) is 7.04. The van der Waals surface area contributed by atoms with Gasteiger partial charge in [0.2, 0.25) is 17.7 Å². The lowest BCUT2D eigenvalue weighted by Gasteiger charge is -2.40. The van der Waals surface area contributed by atoms with E-state index in [-0.39, 0.29) is 37.3 Å². The Balaban J connectivity index is 1.45. The number of benzene rings is 1. The van der Waals surface area contributed by atoms with Gasteiger partial charge in [0.05, 0.1) is 37.8 Å². The average molecular weight is 772 g/mol. The third-order valence-corrected chi connectivity index (χ3v) is 12.3. The summed E-state index contributed by atoms with van der Waals surface area (Å²) in [6, 6.07) is 6.95. The van der Waals surface area contributed by atoms with E-state index in [1.165, 1.54) is 4.90 Å². The first-order valence-electron chi connectivity index (χ1n) is 18.3. The SMILES string of the molecule is CC[C@H](C)[C@H](CO)N1C(=O)[C@H]2[C@@H]3C(=O)O[C@H](c4ccccc4)[C@@H](C)N(C)C(=O)CC/C=C\CN(CCN4CCOCC4)C(=O)[C@H]1[C@@]21C=C(Br)[C@@H]3O1. The van der Waals surface area contributed by atoms with Crippen LogP contribution in [0.3, 0.4) is 0 Å². The maximum absolute atomic E-state index is 15.1. The van der Waals surface area contributed by atoms with E-state index in [4.69, 9.17) is 14.2 Å². The summed E-state index contributed by atoms with van der Waals surface area (Å²) in [7, 11) is 1.71. The summed E-state index contributed by atoms with van der Waals surface area (Å²) in [5.41, 5.74) is -0.748. The molecule has 1 N–H and O–H groups in total. The van der Waals surface area contributed by atoms with Gasteiger partial charge in [-0.25, -0.2) is 0 Å². The van der Waals surface area contributed by atoms with Gasteiger partial charge in [-0.3, -0.25) is 24.1 Å². The van der Waals surface area contributed by atoms with Gasteiger partial charge in [-0.2, -0.15) is 0 Å². The number of hydrogen-bond donors (Lipinski definition) is 1. The second kappa shape index (κ2) is 15.9. The first-order chi connectivity index (χ1) is 24.5. The normalized spacial score (nSPS) is 34.0. The van der Waals surface area contributed by atoms with Gasteiger partial charge < -0.3 is 34.0 Å². The number of carbonyl (C=O) groups excluding carboxylic acids is 4. The Morgan fingerprint density at radius 2 is 1.75 bits per heavy atom. The first kappa shape index (κ1) is 37.7. The van der Waals surface area contributed by atoms with Crippen molar-refractivity contribution in [2.24, 2.45) is 17.8 Å². The molecule has 5 heterocycles. The standard InChI is InChI=1S/C38H51BrN4O8/c1-5-24(2)28(23-44)43-34-36(47)42(17-16-41-18-20-49-21-19-41)15-11-7-10-14-29(45)40(4)25(3)32(26-12-8-6-9-13-26)50-37(48)30-31(35(43)46)38(34)22-27(39)33(30)51-38/h6-9,11-13,22,24-25,28,30-34,44H,5,10,14-21,23H2,1-4H3/b11-7-/t24-,25+,28-,30-,31+,32-,33-,34-,38+/m0/s1. The second-order valence-electron chi connectivity index (χ2n) is 14.5. The molecule has 278 valence electrons. The highest BCUT2D eigenvalue weighted by molar-refractivity contribution is 9.11. The van der Waals surface area contributed by atoms with Gasteiger partial charge in [0.25, 0.3) is 0 Å². The Morgan fingerprint density at radius 3 is 2.43 bits per heavy atom. The minimum Gasteiger partial charge on any atom is -0.455 e. The Bertz CT molecular complexity index is 1520. The highest BCUT2D eigenvalue weighted by atomic mass is 79.9. The molecule has 3 amide bonds. The number of amides is 3.